The number of carbonyl (C=O) groups excluding carboxylic acids is 1. The number of fused-ring (bicyclic) bond motifs is 1. The van der Waals surface area contributed by atoms with Gasteiger partial charge in [0, 0.05) is 12.1 Å². The smallest absolute Gasteiger partial charge is 0.452 e. The Kier molecular flexibility index (Phi) is 5.84. The molecule has 0 spiro atoms. The molecule has 4 rings (SSSR count). The number of halogens is 3. The Labute approximate surface area is 193 Å². The molecule has 3 aromatic rings. The van der Waals surface area contributed by atoms with Gasteiger partial charge in [-0.2, -0.15) is 13.2 Å². The van der Waals surface area contributed by atoms with Gasteiger partial charge in [0.1, 0.15) is 0 Å². The van der Waals surface area contributed by atoms with E-state index in [9.17, 15) is 27.9 Å². The van der Waals surface area contributed by atoms with Gasteiger partial charge < -0.3 is 14.4 Å². The maximum absolute atomic E-state index is 13.8. The zero-order valence-corrected chi connectivity index (χ0v) is 18.7. The molecule has 1 unspecified atom stereocenters. The van der Waals surface area contributed by atoms with Crippen LogP contribution in [0.2, 0.25) is 0 Å². The molecule has 2 heterocycles. The van der Waals surface area contributed by atoms with Gasteiger partial charge >= 0.3 is 12.3 Å². The molecule has 1 N–H and O–H groups in total. The fourth-order valence-electron chi connectivity index (χ4n) is 4.03. The number of hydrogen-bond acceptors (Lipinski definition) is 4. The van der Waals surface area contributed by atoms with E-state index in [1.165, 1.54) is 12.1 Å². The van der Waals surface area contributed by atoms with Crippen molar-refractivity contribution in [1.82, 2.24) is 4.98 Å². The van der Waals surface area contributed by atoms with Crippen LogP contribution >= 0.6 is 0 Å². The first-order valence-corrected chi connectivity index (χ1v) is 10.6. The van der Waals surface area contributed by atoms with Crippen molar-refractivity contribution in [2.45, 2.75) is 39.4 Å². The van der Waals surface area contributed by atoms with Crippen LogP contribution in [-0.2, 0) is 6.18 Å². The van der Waals surface area contributed by atoms with Crippen molar-refractivity contribution in [3.8, 4) is 11.5 Å². The minimum absolute atomic E-state index is 0.123. The van der Waals surface area contributed by atoms with Crippen LogP contribution < -0.4 is 9.80 Å². The van der Waals surface area contributed by atoms with Gasteiger partial charge in [-0.15, -0.1) is 0 Å². The summed E-state index contributed by atoms with van der Waals surface area (Å²) in [4.78, 5) is 31.8. The number of nitrogens with zero attached hydrogens (tertiary/aromatic N) is 3. The summed E-state index contributed by atoms with van der Waals surface area (Å²) in [5.41, 5.74) is 1.42. The summed E-state index contributed by atoms with van der Waals surface area (Å²) in [7, 11) is 0. The third-order valence-corrected chi connectivity index (χ3v) is 5.93. The van der Waals surface area contributed by atoms with Crippen molar-refractivity contribution in [2.24, 2.45) is 0 Å². The Bertz CT molecular complexity index is 1250. The standard InChI is InChI=1S/C24H22F3N3O4/c1-4-16-12-29(17-10-13(2)14(3)11-18(17)30(16)23(32)33)22(31)19-20(24(25,26)27)34-21(28-19)15-8-6-5-7-9-15/h5-11,16H,4,12H2,1-3H3,(H,32,33). The summed E-state index contributed by atoms with van der Waals surface area (Å²) in [6, 6.07) is 10.6. The van der Waals surface area contributed by atoms with Gasteiger partial charge in [0.15, 0.2) is 5.69 Å². The van der Waals surface area contributed by atoms with Crippen molar-refractivity contribution in [3.05, 3.63) is 65.0 Å². The third-order valence-electron chi connectivity index (χ3n) is 5.93. The summed E-state index contributed by atoms with van der Waals surface area (Å²) >= 11 is 0. The SMILES string of the molecule is CCC1CN(C(=O)c2nc(-c3ccccc3)oc2C(F)(F)F)c2cc(C)c(C)cc2N1C(=O)O. The van der Waals surface area contributed by atoms with E-state index in [1.54, 1.807) is 51.1 Å². The molecule has 1 aliphatic rings. The van der Waals surface area contributed by atoms with Crippen LogP contribution in [0.5, 0.6) is 0 Å². The molecular weight excluding hydrogens is 451 g/mol. The average molecular weight is 473 g/mol. The van der Waals surface area contributed by atoms with Crippen LogP contribution in [-0.4, -0.2) is 34.7 Å². The quantitative estimate of drug-likeness (QED) is 0.512. The highest BCUT2D eigenvalue weighted by Crippen LogP contribution is 2.41. The van der Waals surface area contributed by atoms with Gasteiger partial charge in [0.05, 0.1) is 17.4 Å². The van der Waals surface area contributed by atoms with Crippen molar-refractivity contribution in [1.29, 1.82) is 0 Å². The maximum Gasteiger partial charge on any atom is 0.452 e. The van der Waals surface area contributed by atoms with E-state index < -0.39 is 35.7 Å². The van der Waals surface area contributed by atoms with Crippen LogP contribution in [0.15, 0.2) is 46.9 Å². The lowest BCUT2D eigenvalue weighted by Gasteiger charge is -2.41. The van der Waals surface area contributed by atoms with E-state index in [1.807, 2.05) is 0 Å². The fraction of sp³-hybridized carbons (Fsp3) is 0.292. The van der Waals surface area contributed by atoms with E-state index in [2.05, 4.69) is 4.98 Å². The van der Waals surface area contributed by atoms with Crippen molar-refractivity contribution in [2.75, 3.05) is 16.3 Å². The predicted molar refractivity (Wildman–Crippen MR) is 119 cm³/mol. The summed E-state index contributed by atoms with van der Waals surface area (Å²) in [5, 5.41) is 9.82. The number of benzene rings is 2. The number of alkyl halides is 3. The molecule has 1 atom stereocenters. The summed E-state index contributed by atoms with van der Waals surface area (Å²) in [6.45, 7) is 5.20. The fourth-order valence-corrected chi connectivity index (χ4v) is 4.03. The van der Waals surface area contributed by atoms with E-state index in [0.717, 1.165) is 20.9 Å². The third kappa shape index (κ3) is 4.00. The molecule has 0 bridgehead atoms. The molecule has 0 saturated heterocycles. The minimum Gasteiger partial charge on any atom is -0.465 e. The van der Waals surface area contributed by atoms with Crippen molar-refractivity contribution >= 4 is 23.4 Å². The molecule has 34 heavy (non-hydrogen) atoms. The molecule has 1 aromatic heterocycles. The van der Waals surface area contributed by atoms with Crippen LogP contribution in [0.4, 0.5) is 29.3 Å². The summed E-state index contributed by atoms with van der Waals surface area (Å²) < 4.78 is 46.5. The number of oxazole rings is 1. The number of aromatic nitrogens is 1. The number of rotatable bonds is 3. The molecule has 0 saturated carbocycles. The molecule has 0 radical (unpaired) electrons. The molecule has 2 amide bonds. The first-order valence-electron chi connectivity index (χ1n) is 10.6. The van der Waals surface area contributed by atoms with E-state index in [0.29, 0.717) is 12.0 Å². The second-order valence-electron chi connectivity index (χ2n) is 8.12. The average Bonchev–Trinajstić information content (AvgIpc) is 3.25. The van der Waals surface area contributed by atoms with Crippen LogP contribution in [0.3, 0.4) is 0 Å². The van der Waals surface area contributed by atoms with E-state index >= 15 is 0 Å². The van der Waals surface area contributed by atoms with Gasteiger partial charge in [0.2, 0.25) is 11.7 Å². The van der Waals surface area contributed by atoms with E-state index in [-0.39, 0.29) is 23.8 Å². The van der Waals surface area contributed by atoms with Crippen molar-refractivity contribution < 1.29 is 32.3 Å². The number of amides is 2. The van der Waals surface area contributed by atoms with Gasteiger partial charge in [-0.3, -0.25) is 9.69 Å². The Balaban J connectivity index is 1.87. The maximum atomic E-state index is 13.8. The molecule has 7 nitrogen and oxygen atoms in total. The van der Waals surface area contributed by atoms with Crippen LogP contribution in [0.1, 0.15) is 40.7 Å². The number of aryl methyl sites for hydroxylation is 2. The van der Waals surface area contributed by atoms with Gasteiger partial charge in [-0.05, 0) is 55.7 Å². The lowest BCUT2D eigenvalue weighted by atomic mass is 10.00. The van der Waals surface area contributed by atoms with Crippen molar-refractivity contribution in [3.63, 3.8) is 0 Å². The molecular formula is C24H22F3N3O4. The zero-order valence-electron chi connectivity index (χ0n) is 18.7. The Morgan fingerprint density at radius 2 is 1.74 bits per heavy atom. The number of hydrogen-bond donors (Lipinski definition) is 1. The normalized spacial score (nSPS) is 15.9. The first kappa shape index (κ1) is 23.3. The van der Waals surface area contributed by atoms with Crippen LogP contribution in [0, 0.1) is 13.8 Å². The largest absolute Gasteiger partial charge is 0.465 e. The van der Waals surface area contributed by atoms with Gasteiger partial charge in [-0.1, -0.05) is 25.1 Å². The van der Waals surface area contributed by atoms with Gasteiger partial charge in [-0.25, -0.2) is 9.78 Å². The monoisotopic (exact) mass is 473 g/mol. The van der Waals surface area contributed by atoms with Gasteiger partial charge in [0.25, 0.3) is 5.91 Å². The highest BCUT2D eigenvalue weighted by atomic mass is 19.4. The number of anilines is 2. The lowest BCUT2D eigenvalue weighted by Crippen LogP contribution is -2.53. The molecule has 2 aromatic carbocycles. The Morgan fingerprint density at radius 1 is 1.12 bits per heavy atom. The Morgan fingerprint density at radius 3 is 2.29 bits per heavy atom. The second-order valence-corrected chi connectivity index (χ2v) is 8.12. The summed E-state index contributed by atoms with van der Waals surface area (Å²) in [5.74, 6) is -2.82. The number of carbonyl (C=O) groups is 2. The topological polar surface area (TPSA) is 86.9 Å². The predicted octanol–water partition coefficient (Wildman–Crippen LogP) is 5.90. The molecule has 1 aliphatic heterocycles. The highest BCUT2D eigenvalue weighted by molar-refractivity contribution is 6.10. The van der Waals surface area contributed by atoms with Crippen LogP contribution in [0.25, 0.3) is 11.5 Å². The molecule has 178 valence electrons. The minimum atomic E-state index is -4.95. The molecule has 0 fully saturated rings. The van der Waals surface area contributed by atoms with E-state index in [4.69, 9.17) is 4.42 Å². The zero-order chi connectivity index (χ0) is 24.8. The highest BCUT2D eigenvalue weighted by Gasteiger charge is 2.45. The number of carboxylic acid groups (broad SMARTS) is 1. The first-order chi connectivity index (χ1) is 16.0. The molecule has 0 aliphatic carbocycles. The molecule has 10 heteroatoms. The summed E-state index contributed by atoms with van der Waals surface area (Å²) in [6.07, 6.45) is -5.81. The second kappa shape index (κ2) is 8.51. The Hall–Kier alpha value is -3.82. The lowest BCUT2D eigenvalue weighted by molar-refractivity contribution is -0.153.